The highest BCUT2D eigenvalue weighted by molar-refractivity contribution is 5.97. The van der Waals surface area contributed by atoms with Gasteiger partial charge in [-0.3, -0.25) is 9.69 Å². The van der Waals surface area contributed by atoms with Crippen LogP contribution in [0, 0.1) is 5.82 Å². The molecule has 1 aromatic rings. The number of Topliss-reactive ketones (excluding diaryl/α,β-unsaturated/α-hetero) is 1. The lowest BCUT2D eigenvalue weighted by molar-refractivity contribution is 0.0941. The molecule has 0 amide bonds. The van der Waals surface area contributed by atoms with Crippen LogP contribution in [0.15, 0.2) is 24.3 Å². The van der Waals surface area contributed by atoms with Gasteiger partial charge in [0.1, 0.15) is 5.82 Å². The maximum Gasteiger partial charge on any atom is 0.176 e. The van der Waals surface area contributed by atoms with Crippen LogP contribution in [-0.2, 0) is 0 Å². The van der Waals surface area contributed by atoms with E-state index in [4.69, 9.17) is 0 Å². The van der Waals surface area contributed by atoms with Crippen LogP contribution in [-0.4, -0.2) is 55.4 Å². The van der Waals surface area contributed by atoms with Crippen molar-refractivity contribution in [1.82, 2.24) is 9.80 Å². The molecule has 0 radical (unpaired) electrons. The Kier molecular flexibility index (Phi) is 4.09. The largest absolute Gasteiger partial charge is 0.305 e. The molecule has 1 fully saturated rings. The number of hydrogen-bond acceptors (Lipinski definition) is 3. The molecule has 1 aromatic carbocycles. The molecule has 2 rings (SSSR count). The normalized spacial score (nSPS) is 20.6. The van der Waals surface area contributed by atoms with Crippen molar-refractivity contribution < 1.29 is 9.18 Å². The van der Waals surface area contributed by atoms with Crippen molar-refractivity contribution in [2.75, 3.05) is 33.7 Å². The molecule has 18 heavy (non-hydrogen) atoms. The van der Waals surface area contributed by atoms with E-state index in [0.717, 1.165) is 19.5 Å². The summed E-state index contributed by atoms with van der Waals surface area (Å²) in [4.78, 5) is 16.3. The highest BCUT2D eigenvalue weighted by atomic mass is 19.1. The van der Waals surface area contributed by atoms with Gasteiger partial charge in [-0.1, -0.05) is 12.1 Å². The maximum absolute atomic E-state index is 13.0. The third-order valence-corrected chi connectivity index (χ3v) is 3.49. The summed E-state index contributed by atoms with van der Waals surface area (Å²) < 4.78 is 13.0. The predicted molar refractivity (Wildman–Crippen MR) is 69.3 cm³/mol. The quantitative estimate of drug-likeness (QED) is 0.759. The molecule has 1 saturated heterocycles. The minimum atomic E-state index is -0.353. The van der Waals surface area contributed by atoms with Gasteiger partial charge in [-0.25, -0.2) is 4.39 Å². The number of likely N-dealkylation sites (N-methyl/N-ethyl adjacent to an activating group) is 1. The summed E-state index contributed by atoms with van der Waals surface area (Å²) in [5, 5.41) is 0. The van der Waals surface area contributed by atoms with Gasteiger partial charge in [0.25, 0.3) is 0 Å². The first-order chi connectivity index (χ1) is 8.56. The summed E-state index contributed by atoms with van der Waals surface area (Å²) >= 11 is 0. The molecular weight excluding hydrogens is 231 g/mol. The van der Waals surface area contributed by atoms with Crippen LogP contribution in [0.5, 0.6) is 0 Å². The Morgan fingerprint density at radius 1 is 1.50 bits per heavy atom. The second-order valence-corrected chi connectivity index (χ2v) is 5.07. The zero-order chi connectivity index (χ0) is 13.1. The minimum absolute atomic E-state index is 0.00564. The van der Waals surface area contributed by atoms with Crippen LogP contribution in [0.25, 0.3) is 0 Å². The van der Waals surface area contributed by atoms with Gasteiger partial charge in [0, 0.05) is 24.7 Å². The average molecular weight is 250 g/mol. The van der Waals surface area contributed by atoms with Gasteiger partial charge in [-0.15, -0.1) is 0 Å². The third kappa shape index (κ3) is 3.15. The molecule has 3 nitrogen and oxygen atoms in total. The Hall–Kier alpha value is -1.26. The van der Waals surface area contributed by atoms with Crippen LogP contribution in [0.3, 0.4) is 0 Å². The summed E-state index contributed by atoms with van der Waals surface area (Å²) in [6.07, 6.45) is 1.09. The Balaban J connectivity index is 1.93. The number of hydrogen-bond donors (Lipinski definition) is 0. The lowest BCUT2D eigenvalue weighted by atomic mass is 10.1. The summed E-state index contributed by atoms with van der Waals surface area (Å²) in [5.74, 6) is -0.359. The van der Waals surface area contributed by atoms with Crippen LogP contribution >= 0.6 is 0 Å². The zero-order valence-corrected chi connectivity index (χ0v) is 10.9. The summed E-state index contributed by atoms with van der Waals surface area (Å²) in [5.41, 5.74) is 0.461. The van der Waals surface area contributed by atoms with Crippen molar-refractivity contribution in [2.45, 2.75) is 12.5 Å². The molecule has 0 bridgehead atoms. The smallest absolute Gasteiger partial charge is 0.176 e. The molecule has 0 N–H and O–H groups in total. The van der Waals surface area contributed by atoms with Gasteiger partial charge in [0.05, 0.1) is 6.54 Å². The molecule has 1 unspecified atom stereocenters. The van der Waals surface area contributed by atoms with E-state index < -0.39 is 0 Å². The van der Waals surface area contributed by atoms with Crippen LogP contribution < -0.4 is 0 Å². The van der Waals surface area contributed by atoms with Gasteiger partial charge in [-0.2, -0.15) is 0 Å². The molecule has 4 heteroatoms. The summed E-state index contributed by atoms with van der Waals surface area (Å²) in [7, 11) is 4.12. The van der Waals surface area contributed by atoms with Gasteiger partial charge >= 0.3 is 0 Å². The van der Waals surface area contributed by atoms with Crippen LogP contribution in [0.1, 0.15) is 16.8 Å². The fourth-order valence-corrected chi connectivity index (χ4v) is 2.33. The Bertz CT molecular complexity index is 434. The first-order valence-electron chi connectivity index (χ1n) is 6.24. The third-order valence-electron chi connectivity index (χ3n) is 3.49. The lowest BCUT2D eigenvalue weighted by Gasteiger charge is -2.19. The van der Waals surface area contributed by atoms with Crippen LogP contribution in [0.2, 0.25) is 0 Å². The molecule has 0 aliphatic carbocycles. The Morgan fingerprint density at radius 2 is 2.28 bits per heavy atom. The molecule has 0 spiro atoms. The number of halogens is 1. The average Bonchev–Trinajstić information content (AvgIpc) is 2.77. The highest BCUT2D eigenvalue weighted by Gasteiger charge is 2.25. The summed E-state index contributed by atoms with van der Waals surface area (Å²) in [6, 6.07) is 6.43. The van der Waals surface area contributed by atoms with E-state index in [-0.39, 0.29) is 11.6 Å². The number of carbonyl (C=O) groups excluding carboxylic acids is 1. The van der Waals surface area contributed by atoms with Gasteiger partial charge in [-0.05, 0) is 32.6 Å². The standard InChI is InChI=1S/C14H19FN2O/c1-16(2)13-6-7-17(9-13)10-14(18)11-4-3-5-12(15)8-11/h3-5,8,13H,6-7,9-10H2,1-2H3. The Morgan fingerprint density at radius 3 is 2.89 bits per heavy atom. The fraction of sp³-hybridized carbons (Fsp3) is 0.500. The van der Waals surface area contributed by atoms with E-state index >= 15 is 0 Å². The number of ketones is 1. The lowest BCUT2D eigenvalue weighted by Crippen LogP contribution is -2.33. The molecule has 1 atom stereocenters. The highest BCUT2D eigenvalue weighted by Crippen LogP contribution is 2.14. The topological polar surface area (TPSA) is 23.6 Å². The van der Waals surface area contributed by atoms with Gasteiger partial charge < -0.3 is 4.90 Å². The monoisotopic (exact) mass is 250 g/mol. The number of nitrogens with zero attached hydrogens (tertiary/aromatic N) is 2. The van der Waals surface area contributed by atoms with E-state index in [1.807, 2.05) is 0 Å². The van der Waals surface area contributed by atoms with Crippen molar-refractivity contribution >= 4 is 5.78 Å². The first kappa shape index (κ1) is 13.2. The molecule has 1 aliphatic heterocycles. The molecule has 1 aliphatic rings. The number of carbonyl (C=O) groups is 1. The second-order valence-electron chi connectivity index (χ2n) is 5.07. The second kappa shape index (κ2) is 5.59. The molecule has 1 heterocycles. The van der Waals surface area contributed by atoms with E-state index in [2.05, 4.69) is 23.9 Å². The van der Waals surface area contributed by atoms with Crippen molar-refractivity contribution in [2.24, 2.45) is 0 Å². The molecule has 0 aromatic heterocycles. The van der Waals surface area contributed by atoms with Crippen molar-refractivity contribution in [3.05, 3.63) is 35.6 Å². The Labute approximate surface area is 107 Å². The van der Waals surface area contributed by atoms with Gasteiger partial charge in [0.15, 0.2) is 5.78 Å². The zero-order valence-electron chi connectivity index (χ0n) is 10.9. The predicted octanol–water partition coefficient (Wildman–Crippen LogP) is 1.64. The van der Waals surface area contributed by atoms with Crippen molar-refractivity contribution in [1.29, 1.82) is 0 Å². The molecular formula is C14H19FN2O. The maximum atomic E-state index is 13.0. The number of rotatable bonds is 4. The SMILES string of the molecule is CN(C)C1CCN(CC(=O)c2cccc(F)c2)C1. The van der Waals surface area contributed by atoms with Crippen molar-refractivity contribution in [3.63, 3.8) is 0 Å². The van der Waals surface area contributed by atoms with Crippen LogP contribution in [0.4, 0.5) is 4.39 Å². The van der Waals surface area contributed by atoms with E-state index in [1.165, 1.54) is 12.1 Å². The number of likely N-dealkylation sites (tertiary alicyclic amines) is 1. The van der Waals surface area contributed by atoms with E-state index in [9.17, 15) is 9.18 Å². The molecule has 98 valence electrons. The van der Waals surface area contributed by atoms with Crippen molar-refractivity contribution in [3.8, 4) is 0 Å². The van der Waals surface area contributed by atoms with Gasteiger partial charge in [0.2, 0.25) is 0 Å². The van der Waals surface area contributed by atoms with E-state index in [1.54, 1.807) is 12.1 Å². The molecule has 0 saturated carbocycles. The first-order valence-corrected chi connectivity index (χ1v) is 6.24. The minimum Gasteiger partial charge on any atom is -0.305 e. The summed E-state index contributed by atoms with van der Waals surface area (Å²) in [6.45, 7) is 2.23. The fourth-order valence-electron chi connectivity index (χ4n) is 2.33. The number of benzene rings is 1. The van der Waals surface area contributed by atoms with E-state index in [0.29, 0.717) is 18.2 Å².